The maximum atomic E-state index is 13.8. The van der Waals surface area contributed by atoms with Crippen LogP contribution in [0.3, 0.4) is 0 Å². The summed E-state index contributed by atoms with van der Waals surface area (Å²) in [6, 6.07) is 14.1. The molecule has 0 radical (unpaired) electrons. The van der Waals surface area contributed by atoms with E-state index in [2.05, 4.69) is 35.3 Å². The van der Waals surface area contributed by atoms with Crippen molar-refractivity contribution in [3.05, 3.63) is 69.2 Å². The van der Waals surface area contributed by atoms with Gasteiger partial charge in [0.2, 0.25) is 0 Å². The van der Waals surface area contributed by atoms with Gasteiger partial charge in [0.05, 0.1) is 10.0 Å². The number of fused-ring (bicyclic) bond motifs is 1. The maximum Gasteiger partial charge on any atom is 0.163 e. The maximum absolute atomic E-state index is 13.8. The number of carbonyl (C=O) groups excluding carboxylic acids is 1. The van der Waals surface area contributed by atoms with E-state index >= 15 is 0 Å². The van der Waals surface area contributed by atoms with Crippen molar-refractivity contribution >= 4 is 41.4 Å². The molecule has 2 aromatic carbocycles. The van der Waals surface area contributed by atoms with Gasteiger partial charge in [0.15, 0.2) is 5.78 Å². The zero-order chi connectivity index (χ0) is 19.7. The monoisotopic (exact) mass is 452 g/mol. The third kappa shape index (κ3) is 4.65. The number of nitrogens with zero attached hydrogens (tertiary/aromatic N) is 1. The average Bonchev–Trinajstić information content (AvgIpc) is 3.17. The first-order chi connectivity index (χ1) is 13.5. The standard InChI is InChI=1S/C23H26Cl2N2O.ClH/c1-16-12-18-6-2-3-7-19(18)23(26-16,15-27-10-4-5-11-27)22(28)14-17-8-9-20(24)21(25)13-17;/h2-3,6-9,13,16,26H,4-5,10-12,14-15H2,1H3;1H. The first-order valence-corrected chi connectivity index (χ1v) is 10.8. The van der Waals surface area contributed by atoms with Gasteiger partial charge in [-0.05, 0) is 68.1 Å². The summed E-state index contributed by atoms with van der Waals surface area (Å²) in [7, 11) is 0. The summed E-state index contributed by atoms with van der Waals surface area (Å²) >= 11 is 12.2. The molecule has 6 heteroatoms. The fourth-order valence-corrected chi connectivity index (χ4v) is 5.03. The second-order valence-corrected chi connectivity index (χ2v) is 8.96. The molecule has 29 heavy (non-hydrogen) atoms. The van der Waals surface area contributed by atoms with Crippen molar-refractivity contribution in [3.8, 4) is 0 Å². The number of rotatable bonds is 5. The molecule has 156 valence electrons. The third-order valence-electron chi connectivity index (χ3n) is 5.98. The van der Waals surface area contributed by atoms with Crippen LogP contribution in [0.5, 0.6) is 0 Å². The Kier molecular flexibility index (Phi) is 7.29. The smallest absolute Gasteiger partial charge is 0.163 e. The van der Waals surface area contributed by atoms with Crippen LogP contribution in [-0.2, 0) is 23.2 Å². The van der Waals surface area contributed by atoms with Crippen molar-refractivity contribution in [3.63, 3.8) is 0 Å². The predicted octanol–water partition coefficient (Wildman–Crippen LogP) is 5.05. The van der Waals surface area contributed by atoms with Crippen molar-refractivity contribution in [1.29, 1.82) is 0 Å². The highest BCUT2D eigenvalue weighted by Crippen LogP contribution is 2.35. The highest BCUT2D eigenvalue weighted by Gasteiger charge is 2.45. The van der Waals surface area contributed by atoms with Gasteiger partial charge in [-0.25, -0.2) is 0 Å². The number of hydrogen-bond acceptors (Lipinski definition) is 3. The van der Waals surface area contributed by atoms with Crippen LogP contribution >= 0.6 is 35.6 Å². The molecular weight excluding hydrogens is 427 g/mol. The second kappa shape index (κ2) is 9.36. The largest absolute Gasteiger partial charge is 0.301 e. The van der Waals surface area contributed by atoms with E-state index in [1.807, 2.05) is 18.2 Å². The summed E-state index contributed by atoms with van der Waals surface area (Å²) in [5.41, 5.74) is 2.61. The van der Waals surface area contributed by atoms with Crippen LogP contribution in [0, 0.1) is 0 Å². The molecular formula is C23H27Cl3N2O. The Hall–Kier alpha value is -1.10. The number of nitrogens with one attached hydrogen (secondary N) is 1. The molecule has 0 amide bonds. The van der Waals surface area contributed by atoms with Gasteiger partial charge in [0.25, 0.3) is 0 Å². The van der Waals surface area contributed by atoms with Crippen molar-refractivity contribution < 1.29 is 4.79 Å². The van der Waals surface area contributed by atoms with Gasteiger partial charge in [-0.15, -0.1) is 12.4 Å². The zero-order valence-corrected chi connectivity index (χ0v) is 18.9. The summed E-state index contributed by atoms with van der Waals surface area (Å²) in [6.45, 7) is 5.00. The molecule has 1 saturated heterocycles. The Morgan fingerprint density at radius 3 is 2.59 bits per heavy atom. The number of carbonyl (C=O) groups is 1. The van der Waals surface area contributed by atoms with Crippen LogP contribution in [0.2, 0.25) is 10.0 Å². The van der Waals surface area contributed by atoms with Gasteiger partial charge >= 0.3 is 0 Å². The first-order valence-electron chi connectivity index (χ1n) is 10.0. The van der Waals surface area contributed by atoms with Gasteiger partial charge < -0.3 is 4.90 Å². The lowest BCUT2D eigenvalue weighted by Crippen LogP contribution is -2.62. The Morgan fingerprint density at radius 1 is 1.14 bits per heavy atom. The molecule has 0 spiro atoms. The lowest BCUT2D eigenvalue weighted by atomic mass is 9.75. The van der Waals surface area contributed by atoms with Crippen LogP contribution in [0.15, 0.2) is 42.5 Å². The Morgan fingerprint density at radius 2 is 1.86 bits per heavy atom. The van der Waals surface area contributed by atoms with E-state index in [-0.39, 0.29) is 24.2 Å². The van der Waals surface area contributed by atoms with Gasteiger partial charge in [0, 0.05) is 19.0 Å². The fraction of sp³-hybridized carbons (Fsp3) is 0.435. The number of hydrogen-bond donors (Lipinski definition) is 1. The SMILES string of the molecule is CC1Cc2ccccc2C(CN2CCCC2)(C(=O)Cc2ccc(Cl)c(Cl)c2)N1.Cl. The van der Waals surface area contributed by atoms with E-state index in [0.717, 1.165) is 30.6 Å². The van der Waals surface area contributed by atoms with Gasteiger partial charge in [0.1, 0.15) is 5.54 Å². The van der Waals surface area contributed by atoms with Crippen molar-refractivity contribution in [1.82, 2.24) is 10.2 Å². The molecule has 0 aliphatic carbocycles. The molecule has 2 aliphatic heterocycles. The minimum Gasteiger partial charge on any atom is -0.301 e. The van der Waals surface area contributed by atoms with E-state index in [1.165, 1.54) is 18.4 Å². The van der Waals surface area contributed by atoms with E-state index in [0.29, 0.717) is 23.0 Å². The average molecular weight is 454 g/mol. The Balaban J connectivity index is 0.00000240. The molecule has 2 unspecified atom stereocenters. The number of benzene rings is 2. The molecule has 2 aliphatic rings. The van der Waals surface area contributed by atoms with Gasteiger partial charge in [-0.3, -0.25) is 10.1 Å². The third-order valence-corrected chi connectivity index (χ3v) is 6.72. The normalized spacial score (nSPS) is 24.0. The summed E-state index contributed by atoms with van der Waals surface area (Å²) < 4.78 is 0. The minimum absolute atomic E-state index is 0. The summed E-state index contributed by atoms with van der Waals surface area (Å²) in [6.07, 6.45) is 3.68. The van der Waals surface area contributed by atoms with E-state index in [9.17, 15) is 4.79 Å². The topological polar surface area (TPSA) is 32.3 Å². The molecule has 1 N–H and O–H groups in total. The molecule has 0 bridgehead atoms. The van der Waals surface area contributed by atoms with E-state index in [4.69, 9.17) is 23.2 Å². The summed E-state index contributed by atoms with van der Waals surface area (Å²) in [4.78, 5) is 16.2. The molecule has 0 saturated carbocycles. The zero-order valence-electron chi connectivity index (χ0n) is 16.6. The molecule has 0 aromatic heterocycles. The Labute approximate surface area is 189 Å². The highest BCUT2D eigenvalue weighted by atomic mass is 35.5. The van der Waals surface area contributed by atoms with E-state index in [1.54, 1.807) is 6.07 Å². The summed E-state index contributed by atoms with van der Waals surface area (Å²) in [5, 5.41) is 4.71. The fourth-order valence-electron chi connectivity index (χ4n) is 4.71. The Bertz CT molecular complexity index is 882. The van der Waals surface area contributed by atoms with Crippen LogP contribution in [0.4, 0.5) is 0 Å². The van der Waals surface area contributed by atoms with Crippen LogP contribution in [0.25, 0.3) is 0 Å². The van der Waals surface area contributed by atoms with Crippen LogP contribution in [-0.4, -0.2) is 36.4 Å². The van der Waals surface area contributed by atoms with E-state index < -0.39 is 5.54 Å². The van der Waals surface area contributed by atoms with Crippen molar-refractivity contribution in [2.24, 2.45) is 0 Å². The molecule has 4 rings (SSSR count). The van der Waals surface area contributed by atoms with Crippen LogP contribution < -0.4 is 5.32 Å². The number of ketones is 1. The molecule has 2 atom stereocenters. The molecule has 1 fully saturated rings. The first kappa shape index (κ1) is 22.6. The lowest BCUT2D eigenvalue weighted by Gasteiger charge is -2.44. The van der Waals surface area contributed by atoms with Crippen molar-refractivity contribution in [2.45, 2.75) is 44.2 Å². The summed E-state index contributed by atoms with van der Waals surface area (Å²) in [5.74, 6) is 0.191. The predicted molar refractivity (Wildman–Crippen MR) is 123 cm³/mol. The number of likely N-dealkylation sites (tertiary alicyclic amines) is 1. The number of Topliss-reactive ketones (excluding diaryl/α,β-unsaturated/α-hetero) is 1. The molecule has 3 nitrogen and oxygen atoms in total. The highest BCUT2D eigenvalue weighted by molar-refractivity contribution is 6.42. The minimum atomic E-state index is -0.690. The quantitative estimate of drug-likeness (QED) is 0.687. The van der Waals surface area contributed by atoms with Crippen LogP contribution in [0.1, 0.15) is 36.5 Å². The molecule has 2 heterocycles. The van der Waals surface area contributed by atoms with Gasteiger partial charge in [-0.2, -0.15) is 0 Å². The van der Waals surface area contributed by atoms with Gasteiger partial charge in [-0.1, -0.05) is 53.5 Å². The molecule has 2 aromatic rings. The lowest BCUT2D eigenvalue weighted by molar-refractivity contribution is -0.126. The number of halogens is 3. The second-order valence-electron chi connectivity index (χ2n) is 8.14. The van der Waals surface area contributed by atoms with Crippen molar-refractivity contribution in [2.75, 3.05) is 19.6 Å².